The van der Waals surface area contributed by atoms with E-state index in [9.17, 15) is 0 Å². The Balaban J connectivity index is 1.76. The van der Waals surface area contributed by atoms with E-state index < -0.39 is 0 Å². The molecule has 3 rings (SSSR count). The van der Waals surface area contributed by atoms with Crippen molar-refractivity contribution >= 4 is 22.6 Å². The number of benzene rings is 1. The Hall–Kier alpha value is -0.990. The van der Waals surface area contributed by atoms with Gasteiger partial charge in [-0.15, -0.1) is 0 Å². The highest BCUT2D eigenvalue weighted by Crippen LogP contribution is 2.38. The van der Waals surface area contributed by atoms with Gasteiger partial charge < -0.3 is 9.73 Å². The average molecular weight is 278 g/mol. The van der Waals surface area contributed by atoms with E-state index in [1.807, 2.05) is 12.1 Å². The number of halogens is 1. The fraction of sp³-hybridized carbons (Fsp3) is 0.500. The lowest BCUT2D eigenvalue weighted by Crippen LogP contribution is -2.26. The van der Waals surface area contributed by atoms with E-state index in [4.69, 9.17) is 16.0 Å². The summed E-state index contributed by atoms with van der Waals surface area (Å²) in [6.45, 7) is 3.32. The van der Waals surface area contributed by atoms with Gasteiger partial charge in [-0.2, -0.15) is 0 Å². The van der Waals surface area contributed by atoms with E-state index in [2.05, 4.69) is 24.4 Å². The molecule has 1 fully saturated rings. The Kier molecular flexibility index (Phi) is 3.81. The predicted molar refractivity (Wildman–Crippen MR) is 79.9 cm³/mol. The van der Waals surface area contributed by atoms with Gasteiger partial charge in [0.2, 0.25) is 0 Å². The third kappa shape index (κ3) is 2.65. The molecule has 2 aromatic rings. The maximum Gasteiger partial charge on any atom is 0.152 e. The maximum atomic E-state index is 6.17. The average Bonchev–Trinajstić information content (AvgIpc) is 3.03. The van der Waals surface area contributed by atoms with Gasteiger partial charge in [0.1, 0.15) is 5.76 Å². The molecule has 1 aromatic heterocycles. The minimum Gasteiger partial charge on any atom is -0.459 e. The molecule has 3 heteroatoms. The highest BCUT2D eigenvalue weighted by molar-refractivity contribution is 6.34. The number of rotatable bonds is 4. The van der Waals surface area contributed by atoms with Crippen molar-refractivity contribution in [3.63, 3.8) is 0 Å². The zero-order valence-electron chi connectivity index (χ0n) is 11.3. The third-order valence-electron chi connectivity index (χ3n) is 4.03. The Labute approximate surface area is 119 Å². The van der Waals surface area contributed by atoms with Gasteiger partial charge >= 0.3 is 0 Å². The van der Waals surface area contributed by atoms with Crippen LogP contribution in [0.1, 0.15) is 44.3 Å². The molecular formula is C16H20ClNO. The van der Waals surface area contributed by atoms with Gasteiger partial charge in [-0.3, -0.25) is 0 Å². The van der Waals surface area contributed by atoms with Gasteiger partial charge in [0.05, 0.1) is 5.02 Å². The summed E-state index contributed by atoms with van der Waals surface area (Å²) >= 11 is 6.17. The molecule has 0 radical (unpaired) electrons. The molecule has 2 nitrogen and oxygen atoms in total. The smallest absolute Gasteiger partial charge is 0.152 e. The minimum atomic E-state index is 0.540. The molecule has 2 atom stereocenters. The molecule has 1 saturated carbocycles. The van der Waals surface area contributed by atoms with Gasteiger partial charge in [0, 0.05) is 17.3 Å². The van der Waals surface area contributed by atoms with Crippen LogP contribution < -0.4 is 5.32 Å². The summed E-state index contributed by atoms with van der Waals surface area (Å²) in [6, 6.07) is 8.74. The standard InChI is InChI=1S/C16H20ClNO/c1-2-8-18-13-7-6-11(9-13)15-10-12-4-3-5-14(17)16(12)19-15/h3-5,10-11,13,18H,2,6-9H2,1H3. The number of para-hydroxylation sites is 1. The van der Waals surface area contributed by atoms with Crippen LogP contribution in [0.4, 0.5) is 0 Å². The van der Waals surface area contributed by atoms with Crippen molar-refractivity contribution in [1.29, 1.82) is 0 Å². The number of hydrogen-bond acceptors (Lipinski definition) is 2. The Morgan fingerprint density at radius 2 is 2.26 bits per heavy atom. The van der Waals surface area contributed by atoms with Crippen molar-refractivity contribution in [2.75, 3.05) is 6.54 Å². The maximum absolute atomic E-state index is 6.17. The molecule has 2 unspecified atom stereocenters. The first kappa shape index (κ1) is 13.0. The van der Waals surface area contributed by atoms with E-state index in [1.54, 1.807) is 0 Å². The third-order valence-corrected chi connectivity index (χ3v) is 4.33. The van der Waals surface area contributed by atoms with Gasteiger partial charge in [-0.1, -0.05) is 30.7 Å². The van der Waals surface area contributed by atoms with Crippen molar-refractivity contribution in [2.45, 2.75) is 44.6 Å². The lowest BCUT2D eigenvalue weighted by atomic mass is 10.0. The van der Waals surface area contributed by atoms with Crippen LogP contribution >= 0.6 is 11.6 Å². The molecule has 19 heavy (non-hydrogen) atoms. The van der Waals surface area contributed by atoms with Gasteiger partial charge in [-0.05, 0) is 44.4 Å². The first-order valence-corrected chi connectivity index (χ1v) is 7.57. The lowest BCUT2D eigenvalue weighted by molar-refractivity contribution is 0.473. The highest BCUT2D eigenvalue weighted by Gasteiger charge is 2.27. The van der Waals surface area contributed by atoms with E-state index in [0.29, 0.717) is 17.0 Å². The SMILES string of the molecule is CCCNC1CCC(c2cc3cccc(Cl)c3o2)C1. The minimum absolute atomic E-state index is 0.540. The largest absolute Gasteiger partial charge is 0.459 e. The molecule has 1 aromatic carbocycles. The molecule has 0 aliphatic heterocycles. The second-order valence-electron chi connectivity index (χ2n) is 5.47. The van der Waals surface area contributed by atoms with Crippen LogP contribution in [0, 0.1) is 0 Å². The first-order valence-electron chi connectivity index (χ1n) is 7.19. The Morgan fingerprint density at radius 1 is 1.37 bits per heavy atom. The van der Waals surface area contributed by atoms with Crippen molar-refractivity contribution in [1.82, 2.24) is 5.32 Å². The van der Waals surface area contributed by atoms with Gasteiger partial charge in [0.25, 0.3) is 0 Å². The molecule has 1 aliphatic rings. The molecular weight excluding hydrogens is 258 g/mol. The summed E-state index contributed by atoms with van der Waals surface area (Å²) in [6.07, 6.45) is 4.83. The zero-order valence-corrected chi connectivity index (χ0v) is 12.0. The van der Waals surface area contributed by atoms with Crippen LogP contribution in [0.3, 0.4) is 0 Å². The lowest BCUT2D eigenvalue weighted by Gasteiger charge is -2.11. The van der Waals surface area contributed by atoms with E-state index >= 15 is 0 Å². The predicted octanol–water partition coefficient (Wildman–Crippen LogP) is 4.72. The molecule has 0 spiro atoms. The van der Waals surface area contributed by atoms with Gasteiger partial charge in [0.15, 0.2) is 5.58 Å². The number of nitrogens with one attached hydrogen (secondary N) is 1. The van der Waals surface area contributed by atoms with Crippen LogP contribution in [-0.4, -0.2) is 12.6 Å². The van der Waals surface area contributed by atoms with E-state index in [1.165, 1.54) is 25.7 Å². The van der Waals surface area contributed by atoms with Crippen molar-refractivity contribution in [2.24, 2.45) is 0 Å². The quantitative estimate of drug-likeness (QED) is 0.875. The van der Waals surface area contributed by atoms with Crippen molar-refractivity contribution < 1.29 is 4.42 Å². The highest BCUT2D eigenvalue weighted by atomic mass is 35.5. The summed E-state index contributed by atoms with van der Waals surface area (Å²) in [4.78, 5) is 0. The summed E-state index contributed by atoms with van der Waals surface area (Å²) in [5.41, 5.74) is 0.837. The number of hydrogen-bond donors (Lipinski definition) is 1. The van der Waals surface area contributed by atoms with Crippen LogP contribution in [0.2, 0.25) is 5.02 Å². The monoisotopic (exact) mass is 277 g/mol. The molecule has 1 N–H and O–H groups in total. The summed E-state index contributed by atoms with van der Waals surface area (Å²) in [7, 11) is 0. The molecule has 0 saturated heterocycles. The summed E-state index contributed by atoms with van der Waals surface area (Å²) in [5.74, 6) is 1.64. The molecule has 0 bridgehead atoms. The van der Waals surface area contributed by atoms with Crippen LogP contribution in [-0.2, 0) is 0 Å². The summed E-state index contributed by atoms with van der Waals surface area (Å²) in [5, 5.41) is 5.44. The van der Waals surface area contributed by atoms with Crippen LogP contribution in [0.25, 0.3) is 11.0 Å². The Bertz CT molecular complexity index is 563. The van der Waals surface area contributed by atoms with Gasteiger partial charge in [-0.25, -0.2) is 0 Å². The van der Waals surface area contributed by atoms with E-state index in [-0.39, 0.29) is 0 Å². The number of furan rings is 1. The zero-order chi connectivity index (χ0) is 13.2. The second kappa shape index (κ2) is 5.56. The molecule has 0 amide bonds. The normalized spacial score (nSPS) is 23.3. The molecule has 1 aliphatic carbocycles. The molecule has 102 valence electrons. The van der Waals surface area contributed by atoms with Crippen molar-refractivity contribution in [3.8, 4) is 0 Å². The fourth-order valence-corrected chi connectivity index (χ4v) is 3.24. The van der Waals surface area contributed by atoms with E-state index in [0.717, 1.165) is 23.3 Å². The first-order chi connectivity index (χ1) is 9.28. The summed E-state index contributed by atoms with van der Waals surface area (Å²) < 4.78 is 5.98. The van der Waals surface area contributed by atoms with Crippen LogP contribution in [0.5, 0.6) is 0 Å². The topological polar surface area (TPSA) is 25.2 Å². The van der Waals surface area contributed by atoms with Crippen LogP contribution in [0.15, 0.2) is 28.7 Å². The second-order valence-corrected chi connectivity index (χ2v) is 5.88. The molecule has 1 heterocycles. The Morgan fingerprint density at radius 3 is 3.05 bits per heavy atom. The number of fused-ring (bicyclic) bond motifs is 1. The fourth-order valence-electron chi connectivity index (χ4n) is 3.02. The van der Waals surface area contributed by atoms with Crippen molar-refractivity contribution in [3.05, 3.63) is 35.0 Å².